The van der Waals surface area contributed by atoms with Crippen molar-refractivity contribution in [3.8, 4) is 0 Å². The number of methoxy groups -OCH3 is 1. The Hall–Kier alpha value is -1.07. The molecule has 0 atom stereocenters. The van der Waals surface area contributed by atoms with Crippen LogP contribution >= 0.6 is 0 Å². The van der Waals surface area contributed by atoms with Crippen LogP contribution in [0.3, 0.4) is 0 Å². The molecule has 1 rings (SSSR count). The van der Waals surface area contributed by atoms with Crippen molar-refractivity contribution in [2.24, 2.45) is 0 Å². The summed E-state index contributed by atoms with van der Waals surface area (Å²) in [6, 6.07) is 7.41. The van der Waals surface area contributed by atoms with Crippen LogP contribution in [0, 0.1) is 0 Å². The van der Waals surface area contributed by atoms with Gasteiger partial charge < -0.3 is 4.74 Å². The Morgan fingerprint density at radius 3 is 2.18 bits per heavy atom. The van der Waals surface area contributed by atoms with Gasteiger partial charge in [0.2, 0.25) is 0 Å². The van der Waals surface area contributed by atoms with Gasteiger partial charge in [-0.15, -0.1) is 13.2 Å². The third-order valence-electron chi connectivity index (χ3n) is 2.24. The van der Waals surface area contributed by atoms with Crippen LogP contribution in [0.1, 0.15) is 11.1 Å². The molecule has 0 aliphatic rings. The first kappa shape index (κ1) is 14.0. The van der Waals surface area contributed by atoms with E-state index < -0.39 is 6.36 Å². The smallest absolute Gasteiger partial charge is 0.384 e. The molecule has 0 amide bonds. The zero-order valence-electron chi connectivity index (χ0n) is 9.59. The third-order valence-corrected chi connectivity index (χ3v) is 2.24. The highest BCUT2D eigenvalue weighted by atomic mass is 19.4. The highest BCUT2D eigenvalue weighted by Crippen LogP contribution is 2.16. The van der Waals surface area contributed by atoms with Gasteiger partial charge in [-0.3, -0.25) is 4.74 Å². The van der Waals surface area contributed by atoms with E-state index in [0.29, 0.717) is 6.61 Å². The summed E-state index contributed by atoms with van der Waals surface area (Å²) in [5.41, 5.74) is 1.89. The molecule has 17 heavy (non-hydrogen) atoms. The van der Waals surface area contributed by atoms with Crippen LogP contribution in [0.2, 0.25) is 0 Å². The second kappa shape index (κ2) is 6.61. The molecule has 1 aromatic rings. The number of ether oxygens (including phenoxy) is 2. The number of rotatable bonds is 6. The molecule has 0 aromatic heterocycles. The fraction of sp³-hybridized carbons (Fsp3) is 0.500. The van der Waals surface area contributed by atoms with Gasteiger partial charge in [-0.2, -0.15) is 0 Å². The van der Waals surface area contributed by atoms with Crippen molar-refractivity contribution < 1.29 is 22.6 Å². The molecule has 0 N–H and O–H groups in total. The number of alkyl halides is 3. The monoisotopic (exact) mass is 248 g/mol. The maximum Gasteiger partial charge on any atom is 0.522 e. The summed E-state index contributed by atoms with van der Waals surface area (Å²) in [4.78, 5) is 0. The topological polar surface area (TPSA) is 18.5 Å². The average Bonchev–Trinajstić information content (AvgIpc) is 2.25. The fourth-order valence-corrected chi connectivity index (χ4v) is 1.45. The van der Waals surface area contributed by atoms with Crippen molar-refractivity contribution >= 4 is 0 Å². The van der Waals surface area contributed by atoms with Crippen molar-refractivity contribution in [2.45, 2.75) is 19.2 Å². The largest absolute Gasteiger partial charge is 0.522 e. The quantitative estimate of drug-likeness (QED) is 0.770. The summed E-state index contributed by atoms with van der Waals surface area (Å²) < 4.78 is 44.0. The van der Waals surface area contributed by atoms with Crippen LogP contribution < -0.4 is 0 Å². The lowest BCUT2D eigenvalue weighted by atomic mass is 10.1. The molecule has 0 bridgehead atoms. The number of hydrogen-bond donors (Lipinski definition) is 0. The van der Waals surface area contributed by atoms with E-state index in [2.05, 4.69) is 4.74 Å². The van der Waals surface area contributed by atoms with Crippen LogP contribution in [0.5, 0.6) is 0 Å². The normalized spacial score (nSPS) is 11.8. The summed E-state index contributed by atoms with van der Waals surface area (Å²) in [6.45, 7) is 0.250. The second-order valence-corrected chi connectivity index (χ2v) is 3.61. The number of halogens is 3. The van der Waals surface area contributed by atoms with Crippen molar-refractivity contribution in [3.05, 3.63) is 35.4 Å². The molecule has 0 spiro atoms. The Morgan fingerprint density at radius 2 is 1.65 bits per heavy atom. The fourth-order valence-electron chi connectivity index (χ4n) is 1.45. The summed E-state index contributed by atoms with van der Waals surface area (Å²) in [5, 5.41) is 0. The van der Waals surface area contributed by atoms with Gasteiger partial charge >= 0.3 is 6.36 Å². The van der Waals surface area contributed by atoms with Crippen molar-refractivity contribution in [1.29, 1.82) is 0 Å². The Labute approximate surface area is 98.3 Å². The van der Waals surface area contributed by atoms with Crippen molar-refractivity contribution in [1.82, 2.24) is 0 Å². The standard InChI is InChI=1S/C12H15F3O2/c1-16-7-5-10-3-2-4-11(9-10)6-8-17-12(13,14)15/h2-4,9H,5-8H2,1H3. The lowest BCUT2D eigenvalue weighted by molar-refractivity contribution is -0.324. The molecular weight excluding hydrogens is 233 g/mol. The second-order valence-electron chi connectivity index (χ2n) is 3.61. The van der Waals surface area contributed by atoms with Crippen LogP contribution in [0.4, 0.5) is 13.2 Å². The first-order chi connectivity index (χ1) is 8.01. The third kappa shape index (κ3) is 6.28. The lowest BCUT2D eigenvalue weighted by Gasteiger charge is -2.08. The predicted molar refractivity (Wildman–Crippen MR) is 57.7 cm³/mol. The highest BCUT2D eigenvalue weighted by Gasteiger charge is 2.28. The van der Waals surface area contributed by atoms with E-state index in [9.17, 15) is 13.2 Å². The van der Waals surface area contributed by atoms with Crippen LogP contribution in [-0.4, -0.2) is 26.7 Å². The molecule has 5 heteroatoms. The van der Waals surface area contributed by atoms with E-state index in [-0.39, 0.29) is 13.0 Å². The van der Waals surface area contributed by atoms with E-state index >= 15 is 0 Å². The van der Waals surface area contributed by atoms with E-state index in [4.69, 9.17) is 4.74 Å². The Kier molecular flexibility index (Phi) is 5.44. The van der Waals surface area contributed by atoms with Gasteiger partial charge in [-0.25, -0.2) is 0 Å². The van der Waals surface area contributed by atoms with E-state index in [0.717, 1.165) is 17.5 Å². The molecule has 0 saturated carbocycles. The summed E-state index contributed by atoms with van der Waals surface area (Å²) in [7, 11) is 1.61. The van der Waals surface area contributed by atoms with Gasteiger partial charge in [0, 0.05) is 7.11 Å². The first-order valence-corrected chi connectivity index (χ1v) is 5.29. The number of benzene rings is 1. The Bertz CT molecular complexity index is 337. The predicted octanol–water partition coefficient (Wildman–Crippen LogP) is 2.95. The molecule has 0 unspecified atom stereocenters. The van der Waals surface area contributed by atoms with Crippen molar-refractivity contribution in [3.63, 3.8) is 0 Å². The molecule has 96 valence electrons. The minimum Gasteiger partial charge on any atom is -0.384 e. The molecule has 1 aromatic carbocycles. The van der Waals surface area contributed by atoms with Gasteiger partial charge in [0.05, 0.1) is 13.2 Å². The van der Waals surface area contributed by atoms with Gasteiger partial charge in [-0.1, -0.05) is 24.3 Å². The first-order valence-electron chi connectivity index (χ1n) is 5.29. The molecular formula is C12H15F3O2. The Morgan fingerprint density at radius 1 is 1.06 bits per heavy atom. The maximum atomic E-state index is 11.8. The molecule has 0 aliphatic heterocycles. The van der Waals surface area contributed by atoms with Crippen LogP contribution in [-0.2, 0) is 22.3 Å². The minimum atomic E-state index is -4.55. The zero-order chi connectivity index (χ0) is 12.7. The molecule has 0 aliphatic carbocycles. The summed E-state index contributed by atoms with van der Waals surface area (Å²) in [6.07, 6.45) is -3.54. The van der Waals surface area contributed by atoms with Gasteiger partial charge in [0.1, 0.15) is 0 Å². The minimum absolute atomic E-state index is 0.250. The zero-order valence-corrected chi connectivity index (χ0v) is 9.59. The average molecular weight is 248 g/mol. The molecule has 0 fully saturated rings. The van der Waals surface area contributed by atoms with Gasteiger partial charge in [-0.05, 0) is 24.0 Å². The van der Waals surface area contributed by atoms with E-state index in [1.807, 2.05) is 18.2 Å². The lowest BCUT2D eigenvalue weighted by Crippen LogP contribution is -2.15. The Balaban J connectivity index is 2.43. The SMILES string of the molecule is COCCc1cccc(CCOC(F)(F)F)c1. The maximum absolute atomic E-state index is 11.8. The van der Waals surface area contributed by atoms with Gasteiger partial charge in [0.15, 0.2) is 0 Å². The summed E-state index contributed by atoms with van der Waals surface area (Å²) in [5.74, 6) is 0. The summed E-state index contributed by atoms with van der Waals surface area (Å²) >= 11 is 0. The van der Waals surface area contributed by atoms with Crippen LogP contribution in [0.25, 0.3) is 0 Å². The molecule has 0 radical (unpaired) electrons. The molecule has 0 saturated heterocycles. The molecule has 2 nitrogen and oxygen atoms in total. The van der Waals surface area contributed by atoms with Gasteiger partial charge in [0.25, 0.3) is 0 Å². The highest BCUT2D eigenvalue weighted by molar-refractivity contribution is 5.23. The van der Waals surface area contributed by atoms with E-state index in [1.54, 1.807) is 13.2 Å². The number of hydrogen-bond acceptors (Lipinski definition) is 2. The van der Waals surface area contributed by atoms with Crippen molar-refractivity contribution in [2.75, 3.05) is 20.3 Å². The molecule has 0 heterocycles. The van der Waals surface area contributed by atoms with E-state index in [1.165, 1.54) is 0 Å². The van der Waals surface area contributed by atoms with Crippen LogP contribution in [0.15, 0.2) is 24.3 Å².